The molecule has 0 aromatic heterocycles. The summed E-state index contributed by atoms with van der Waals surface area (Å²) < 4.78 is 0. The van der Waals surface area contributed by atoms with Crippen LogP contribution in [0.1, 0.15) is 28.4 Å². The van der Waals surface area contributed by atoms with Crippen molar-refractivity contribution in [3.8, 4) is 0 Å². The molecule has 94 valence electrons. The van der Waals surface area contributed by atoms with Gasteiger partial charge in [-0.2, -0.15) is 0 Å². The number of aliphatic hydroxyl groups is 2. The molecule has 17 heavy (non-hydrogen) atoms. The van der Waals surface area contributed by atoms with Crippen molar-refractivity contribution in [2.45, 2.75) is 18.6 Å². The molecule has 0 spiro atoms. The zero-order valence-electron chi connectivity index (χ0n) is 9.01. The van der Waals surface area contributed by atoms with Crippen LogP contribution in [0.15, 0.2) is 18.2 Å². The van der Waals surface area contributed by atoms with Gasteiger partial charge in [-0.25, -0.2) is 4.79 Å². The molecule has 0 amide bonds. The molecule has 1 aromatic carbocycles. The minimum absolute atomic E-state index is 0.0222. The third-order valence-electron chi connectivity index (χ3n) is 2.39. The number of aromatic carboxylic acids is 1. The summed E-state index contributed by atoms with van der Waals surface area (Å²) in [6.07, 6.45) is -1.87. The maximum Gasteiger partial charge on any atom is 0.337 e. The zero-order chi connectivity index (χ0) is 13.0. The number of halogens is 1. The molecule has 0 saturated carbocycles. The molecular formula is C11H14ClNO4. The topological polar surface area (TPSA) is 104 Å². The molecule has 0 saturated heterocycles. The molecule has 0 aliphatic rings. The number of carbonyl (C=O) groups is 1. The highest BCUT2D eigenvalue weighted by Crippen LogP contribution is 2.24. The van der Waals surface area contributed by atoms with E-state index in [0.717, 1.165) is 0 Å². The van der Waals surface area contributed by atoms with Crippen LogP contribution in [0.5, 0.6) is 0 Å². The molecule has 5 N–H and O–H groups in total. The predicted molar refractivity (Wildman–Crippen MR) is 63.0 cm³/mol. The molecule has 5 nitrogen and oxygen atoms in total. The summed E-state index contributed by atoms with van der Waals surface area (Å²) in [6.45, 7) is 0.249. The van der Waals surface area contributed by atoms with Gasteiger partial charge in [0.1, 0.15) is 6.10 Å². The van der Waals surface area contributed by atoms with Gasteiger partial charge in [-0.15, -0.1) is 0 Å². The van der Waals surface area contributed by atoms with E-state index >= 15 is 0 Å². The molecular weight excluding hydrogens is 246 g/mol. The lowest BCUT2D eigenvalue weighted by molar-refractivity contribution is 0.0150. The third-order valence-corrected chi connectivity index (χ3v) is 2.70. The van der Waals surface area contributed by atoms with Crippen LogP contribution in [0.25, 0.3) is 0 Å². The summed E-state index contributed by atoms with van der Waals surface area (Å²) in [6, 6.07) is 4.04. The SMILES string of the molecule is NCCC(O)C(O)c1ccc(C(=O)O)c(Cl)c1. The molecule has 0 bridgehead atoms. The Bertz CT molecular complexity index is 410. The van der Waals surface area contributed by atoms with Crippen molar-refractivity contribution in [3.05, 3.63) is 34.3 Å². The van der Waals surface area contributed by atoms with Crippen LogP contribution in [0.3, 0.4) is 0 Å². The number of carboxylic acids is 1. The van der Waals surface area contributed by atoms with Gasteiger partial charge in [-0.05, 0) is 30.7 Å². The fourth-order valence-corrected chi connectivity index (χ4v) is 1.71. The largest absolute Gasteiger partial charge is 0.478 e. The normalized spacial score (nSPS) is 14.4. The Morgan fingerprint density at radius 3 is 2.53 bits per heavy atom. The fourth-order valence-electron chi connectivity index (χ4n) is 1.44. The molecule has 0 aliphatic carbocycles. The molecule has 2 atom stereocenters. The van der Waals surface area contributed by atoms with Crippen LogP contribution >= 0.6 is 11.6 Å². The first-order chi connectivity index (χ1) is 7.97. The maximum absolute atomic E-state index is 10.7. The molecule has 0 fully saturated rings. The van der Waals surface area contributed by atoms with Gasteiger partial charge in [-0.3, -0.25) is 0 Å². The highest BCUT2D eigenvalue weighted by molar-refractivity contribution is 6.33. The van der Waals surface area contributed by atoms with E-state index in [4.69, 9.17) is 22.4 Å². The summed E-state index contributed by atoms with van der Waals surface area (Å²) in [5.74, 6) is -1.14. The average molecular weight is 260 g/mol. The molecule has 2 unspecified atom stereocenters. The van der Waals surface area contributed by atoms with E-state index in [1.165, 1.54) is 18.2 Å². The van der Waals surface area contributed by atoms with E-state index in [1.807, 2.05) is 0 Å². The van der Waals surface area contributed by atoms with E-state index < -0.39 is 18.2 Å². The first-order valence-electron chi connectivity index (χ1n) is 5.06. The molecule has 0 radical (unpaired) electrons. The summed E-state index contributed by atoms with van der Waals surface area (Å²) in [5.41, 5.74) is 5.58. The van der Waals surface area contributed by atoms with Crippen molar-refractivity contribution in [1.29, 1.82) is 0 Å². The monoisotopic (exact) mass is 259 g/mol. The van der Waals surface area contributed by atoms with Crippen molar-refractivity contribution < 1.29 is 20.1 Å². The van der Waals surface area contributed by atoms with Crippen LogP contribution in [-0.4, -0.2) is 33.9 Å². The second kappa shape index (κ2) is 5.97. The highest BCUT2D eigenvalue weighted by atomic mass is 35.5. The number of rotatable bonds is 5. The third kappa shape index (κ3) is 3.41. The first kappa shape index (κ1) is 13.9. The lowest BCUT2D eigenvalue weighted by Crippen LogP contribution is -2.21. The number of hydrogen-bond donors (Lipinski definition) is 4. The fraction of sp³-hybridized carbons (Fsp3) is 0.364. The van der Waals surface area contributed by atoms with Crippen molar-refractivity contribution in [3.63, 3.8) is 0 Å². The Morgan fingerprint density at radius 1 is 1.41 bits per heavy atom. The van der Waals surface area contributed by atoms with Crippen molar-refractivity contribution >= 4 is 17.6 Å². The second-order valence-corrected chi connectivity index (χ2v) is 4.04. The smallest absolute Gasteiger partial charge is 0.337 e. The van der Waals surface area contributed by atoms with Crippen LogP contribution < -0.4 is 5.73 Å². The van der Waals surface area contributed by atoms with Gasteiger partial charge in [0.2, 0.25) is 0 Å². The quantitative estimate of drug-likeness (QED) is 0.626. The highest BCUT2D eigenvalue weighted by Gasteiger charge is 2.19. The number of carboxylic acid groups (broad SMARTS) is 1. The molecule has 6 heteroatoms. The lowest BCUT2D eigenvalue weighted by Gasteiger charge is -2.17. The van der Waals surface area contributed by atoms with Gasteiger partial charge in [0.25, 0.3) is 0 Å². The van der Waals surface area contributed by atoms with Gasteiger partial charge in [0, 0.05) is 0 Å². The maximum atomic E-state index is 10.7. The Balaban J connectivity index is 2.93. The summed E-state index contributed by atoms with van der Waals surface area (Å²) in [4.78, 5) is 10.7. The molecule has 1 aromatic rings. The summed E-state index contributed by atoms with van der Waals surface area (Å²) in [5, 5.41) is 28.1. The van der Waals surface area contributed by atoms with Crippen LogP contribution in [0.2, 0.25) is 5.02 Å². The van der Waals surface area contributed by atoms with Crippen molar-refractivity contribution in [1.82, 2.24) is 0 Å². The van der Waals surface area contributed by atoms with Gasteiger partial charge < -0.3 is 21.1 Å². The Morgan fingerprint density at radius 2 is 2.06 bits per heavy atom. The van der Waals surface area contributed by atoms with Gasteiger partial charge in [-0.1, -0.05) is 17.7 Å². The predicted octanol–water partition coefficient (Wildman–Crippen LogP) is 0.781. The van der Waals surface area contributed by atoms with Crippen molar-refractivity contribution in [2.75, 3.05) is 6.54 Å². The van der Waals surface area contributed by atoms with E-state index in [0.29, 0.717) is 5.56 Å². The molecule has 0 aliphatic heterocycles. The second-order valence-electron chi connectivity index (χ2n) is 3.63. The number of benzene rings is 1. The minimum Gasteiger partial charge on any atom is -0.478 e. The van der Waals surface area contributed by atoms with Crippen molar-refractivity contribution in [2.24, 2.45) is 5.73 Å². The van der Waals surface area contributed by atoms with Gasteiger partial charge >= 0.3 is 5.97 Å². The summed E-state index contributed by atoms with van der Waals surface area (Å²) >= 11 is 5.75. The Kier molecular flexibility index (Phi) is 4.89. The standard InChI is InChI=1S/C11H14ClNO4/c12-8-5-6(1-2-7(8)11(16)17)10(15)9(14)3-4-13/h1-2,5,9-10,14-15H,3-4,13H2,(H,16,17). The average Bonchev–Trinajstić information content (AvgIpc) is 2.27. The first-order valence-corrected chi connectivity index (χ1v) is 5.44. The van der Waals surface area contributed by atoms with E-state index in [-0.39, 0.29) is 23.6 Å². The number of hydrogen-bond acceptors (Lipinski definition) is 4. The number of aliphatic hydroxyl groups excluding tert-OH is 2. The zero-order valence-corrected chi connectivity index (χ0v) is 9.76. The summed E-state index contributed by atoms with van der Waals surface area (Å²) in [7, 11) is 0. The van der Waals surface area contributed by atoms with Crippen LogP contribution in [-0.2, 0) is 0 Å². The van der Waals surface area contributed by atoms with E-state index in [2.05, 4.69) is 0 Å². The van der Waals surface area contributed by atoms with Crippen LogP contribution in [0, 0.1) is 0 Å². The minimum atomic E-state index is -1.14. The Hall–Kier alpha value is -1.14. The van der Waals surface area contributed by atoms with Gasteiger partial charge in [0.05, 0.1) is 16.7 Å². The molecule has 1 rings (SSSR count). The number of nitrogens with two attached hydrogens (primary N) is 1. The lowest BCUT2D eigenvalue weighted by atomic mass is 10.0. The Labute approximate surface area is 103 Å². The van der Waals surface area contributed by atoms with E-state index in [9.17, 15) is 15.0 Å². The van der Waals surface area contributed by atoms with E-state index in [1.54, 1.807) is 0 Å². The van der Waals surface area contributed by atoms with Gasteiger partial charge in [0.15, 0.2) is 0 Å². The van der Waals surface area contributed by atoms with Crippen LogP contribution in [0.4, 0.5) is 0 Å². The molecule has 0 heterocycles.